The van der Waals surface area contributed by atoms with Crippen LogP contribution in [0.15, 0.2) is 45.8 Å². The zero-order valence-corrected chi connectivity index (χ0v) is 13.3. The topological polar surface area (TPSA) is 81.4 Å². The SMILES string of the molecule is COc1ccc(F)c(NS(=O)(=O)c2ccc(Br)c(N)c2)c1. The number of rotatable bonds is 4. The second kappa shape index (κ2) is 5.90. The largest absolute Gasteiger partial charge is 0.497 e. The van der Waals surface area contributed by atoms with Crippen LogP contribution in [0.2, 0.25) is 0 Å². The van der Waals surface area contributed by atoms with Crippen LogP contribution in [0, 0.1) is 5.82 Å². The monoisotopic (exact) mass is 374 g/mol. The number of ether oxygens (including phenoxy) is 1. The number of hydrogen-bond acceptors (Lipinski definition) is 4. The first-order chi connectivity index (χ1) is 9.83. The Labute approximate surface area is 130 Å². The van der Waals surface area contributed by atoms with E-state index in [0.29, 0.717) is 10.2 Å². The van der Waals surface area contributed by atoms with Crippen LogP contribution in [0.5, 0.6) is 5.75 Å². The molecule has 0 atom stereocenters. The van der Waals surface area contributed by atoms with Gasteiger partial charge in [0.15, 0.2) is 0 Å². The molecule has 0 aromatic heterocycles. The van der Waals surface area contributed by atoms with E-state index in [1.807, 2.05) is 0 Å². The fourth-order valence-electron chi connectivity index (χ4n) is 1.60. The summed E-state index contributed by atoms with van der Waals surface area (Å²) in [6, 6.07) is 7.92. The van der Waals surface area contributed by atoms with E-state index >= 15 is 0 Å². The number of nitrogen functional groups attached to an aromatic ring is 1. The molecule has 0 aliphatic heterocycles. The first-order valence-corrected chi connectivity index (χ1v) is 8.02. The van der Waals surface area contributed by atoms with Crippen molar-refractivity contribution in [1.82, 2.24) is 0 Å². The predicted molar refractivity (Wildman–Crippen MR) is 82.3 cm³/mol. The van der Waals surface area contributed by atoms with E-state index in [1.165, 1.54) is 37.4 Å². The van der Waals surface area contributed by atoms with Gasteiger partial charge in [0.05, 0.1) is 17.7 Å². The number of benzene rings is 2. The van der Waals surface area contributed by atoms with Gasteiger partial charge < -0.3 is 10.5 Å². The molecular weight excluding hydrogens is 363 g/mol. The van der Waals surface area contributed by atoms with Gasteiger partial charge in [-0.1, -0.05) is 0 Å². The molecule has 8 heteroatoms. The summed E-state index contributed by atoms with van der Waals surface area (Å²) in [7, 11) is -2.54. The molecule has 0 amide bonds. The molecule has 0 fully saturated rings. The molecule has 21 heavy (non-hydrogen) atoms. The van der Waals surface area contributed by atoms with Crippen LogP contribution in [0.25, 0.3) is 0 Å². The molecule has 0 saturated carbocycles. The van der Waals surface area contributed by atoms with Crippen molar-refractivity contribution in [3.63, 3.8) is 0 Å². The van der Waals surface area contributed by atoms with Gasteiger partial charge in [-0.3, -0.25) is 4.72 Å². The number of methoxy groups -OCH3 is 1. The summed E-state index contributed by atoms with van der Waals surface area (Å²) in [5, 5.41) is 0. The zero-order valence-electron chi connectivity index (χ0n) is 10.9. The quantitative estimate of drug-likeness (QED) is 0.806. The lowest BCUT2D eigenvalue weighted by Crippen LogP contribution is -2.14. The van der Waals surface area contributed by atoms with Gasteiger partial charge in [0.25, 0.3) is 10.0 Å². The first-order valence-electron chi connectivity index (χ1n) is 5.75. The summed E-state index contributed by atoms with van der Waals surface area (Å²) in [6.07, 6.45) is 0. The van der Waals surface area contributed by atoms with E-state index in [1.54, 1.807) is 0 Å². The Balaban J connectivity index is 2.39. The summed E-state index contributed by atoms with van der Waals surface area (Å²) >= 11 is 3.18. The molecule has 2 rings (SSSR count). The van der Waals surface area contributed by atoms with E-state index in [0.717, 1.165) is 6.07 Å². The maximum absolute atomic E-state index is 13.7. The Hall–Kier alpha value is -1.80. The highest BCUT2D eigenvalue weighted by atomic mass is 79.9. The predicted octanol–water partition coefficient (Wildman–Crippen LogP) is 2.98. The van der Waals surface area contributed by atoms with Gasteiger partial charge in [-0.2, -0.15) is 0 Å². The van der Waals surface area contributed by atoms with Crippen molar-refractivity contribution >= 4 is 37.3 Å². The van der Waals surface area contributed by atoms with Crippen LogP contribution in [0.1, 0.15) is 0 Å². The van der Waals surface area contributed by atoms with Crippen molar-refractivity contribution in [2.24, 2.45) is 0 Å². The fraction of sp³-hybridized carbons (Fsp3) is 0.0769. The average Bonchev–Trinajstić information content (AvgIpc) is 2.44. The van der Waals surface area contributed by atoms with Gasteiger partial charge in [-0.15, -0.1) is 0 Å². The van der Waals surface area contributed by atoms with E-state index in [9.17, 15) is 12.8 Å². The number of hydrogen-bond donors (Lipinski definition) is 2. The zero-order chi connectivity index (χ0) is 15.6. The third kappa shape index (κ3) is 3.45. The Morgan fingerprint density at radius 2 is 1.95 bits per heavy atom. The molecule has 0 saturated heterocycles. The van der Waals surface area contributed by atoms with E-state index in [-0.39, 0.29) is 16.3 Å². The van der Waals surface area contributed by atoms with E-state index in [2.05, 4.69) is 20.7 Å². The Morgan fingerprint density at radius 1 is 1.24 bits per heavy atom. The number of nitrogens with one attached hydrogen (secondary N) is 1. The molecule has 0 unspecified atom stereocenters. The smallest absolute Gasteiger partial charge is 0.262 e. The maximum Gasteiger partial charge on any atom is 0.262 e. The highest BCUT2D eigenvalue weighted by Gasteiger charge is 2.17. The summed E-state index contributed by atoms with van der Waals surface area (Å²) in [5.74, 6) is -0.367. The fourth-order valence-corrected chi connectivity index (χ4v) is 2.94. The van der Waals surface area contributed by atoms with E-state index in [4.69, 9.17) is 10.5 Å². The molecule has 2 aromatic rings. The van der Waals surface area contributed by atoms with Crippen LogP contribution in [0.4, 0.5) is 15.8 Å². The minimum Gasteiger partial charge on any atom is -0.497 e. The number of sulfonamides is 1. The molecule has 0 aliphatic carbocycles. The van der Waals surface area contributed by atoms with Crippen molar-refractivity contribution in [3.8, 4) is 5.75 Å². The van der Waals surface area contributed by atoms with E-state index < -0.39 is 15.8 Å². The third-order valence-corrected chi connectivity index (χ3v) is 4.78. The summed E-state index contributed by atoms with van der Waals surface area (Å²) < 4.78 is 45.8. The van der Waals surface area contributed by atoms with Crippen molar-refractivity contribution in [3.05, 3.63) is 46.7 Å². The van der Waals surface area contributed by atoms with Crippen LogP contribution in [-0.4, -0.2) is 15.5 Å². The van der Waals surface area contributed by atoms with Crippen molar-refractivity contribution in [2.45, 2.75) is 4.90 Å². The van der Waals surface area contributed by atoms with Gasteiger partial charge in [-0.25, -0.2) is 12.8 Å². The van der Waals surface area contributed by atoms with Gasteiger partial charge >= 0.3 is 0 Å². The first kappa shape index (κ1) is 15.6. The van der Waals surface area contributed by atoms with Crippen molar-refractivity contribution < 1.29 is 17.5 Å². The normalized spacial score (nSPS) is 11.2. The molecular formula is C13H12BrFN2O3S. The minimum atomic E-state index is -3.95. The van der Waals surface area contributed by atoms with Crippen LogP contribution >= 0.6 is 15.9 Å². The van der Waals surface area contributed by atoms with Crippen LogP contribution in [-0.2, 0) is 10.0 Å². The molecule has 0 bridgehead atoms. The lowest BCUT2D eigenvalue weighted by molar-refractivity contribution is 0.414. The molecule has 0 radical (unpaired) electrons. The highest BCUT2D eigenvalue weighted by Crippen LogP contribution is 2.26. The lowest BCUT2D eigenvalue weighted by Gasteiger charge is -2.11. The van der Waals surface area contributed by atoms with Gasteiger partial charge in [0.2, 0.25) is 0 Å². The standard InChI is InChI=1S/C13H12BrFN2O3S/c1-20-8-2-5-11(15)13(6-8)17-21(18,19)9-3-4-10(14)12(16)7-9/h2-7,17H,16H2,1H3. The van der Waals surface area contributed by atoms with Gasteiger partial charge in [0.1, 0.15) is 11.6 Å². The molecule has 0 spiro atoms. The summed E-state index contributed by atoms with van der Waals surface area (Å²) in [6.45, 7) is 0. The lowest BCUT2D eigenvalue weighted by atomic mass is 10.3. The highest BCUT2D eigenvalue weighted by molar-refractivity contribution is 9.10. The molecule has 112 valence electrons. The molecule has 5 nitrogen and oxygen atoms in total. The van der Waals surface area contributed by atoms with Crippen molar-refractivity contribution in [2.75, 3.05) is 17.6 Å². The molecule has 0 heterocycles. The van der Waals surface area contributed by atoms with Gasteiger partial charge in [0, 0.05) is 16.2 Å². The number of anilines is 2. The van der Waals surface area contributed by atoms with Gasteiger partial charge in [-0.05, 0) is 46.3 Å². The van der Waals surface area contributed by atoms with Crippen LogP contribution in [0.3, 0.4) is 0 Å². The molecule has 0 aliphatic rings. The summed E-state index contributed by atoms with van der Waals surface area (Å²) in [4.78, 5) is -0.0644. The maximum atomic E-state index is 13.7. The Kier molecular flexibility index (Phi) is 4.38. The van der Waals surface area contributed by atoms with Crippen molar-refractivity contribution in [1.29, 1.82) is 0 Å². The second-order valence-corrected chi connectivity index (χ2v) is 6.67. The van der Waals surface area contributed by atoms with Crippen LogP contribution < -0.4 is 15.2 Å². The number of nitrogens with two attached hydrogens (primary N) is 1. The summed E-state index contributed by atoms with van der Waals surface area (Å²) in [5.41, 5.74) is 5.72. The molecule has 2 aromatic carbocycles. The minimum absolute atomic E-state index is 0.0644. The second-order valence-electron chi connectivity index (χ2n) is 4.13. The Bertz CT molecular complexity index is 781. The Morgan fingerprint density at radius 3 is 2.57 bits per heavy atom. The number of halogens is 2. The average molecular weight is 375 g/mol. The third-order valence-electron chi connectivity index (χ3n) is 2.70. The molecule has 3 N–H and O–H groups in total.